The van der Waals surface area contributed by atoms with Gasteiger partial charge in [-0.2, -0.15) is 0 Å². The molecule has 0 fully saturated rings. The third kappa shape index (κ3) is 3.29. The maximum atomic E-state index is 6.14. The van der Waals surface area contributed by atoms with Gasteiger partial charge in [0.1, 0.15) is 11.5 Å². The second kappa shape index (κ2) is 5.79. The Morgan fingerprint density at radius 1 is 1.17 bits per heavy atom. The normalized spacial score (nSPS) is 11.2. The van der Waals surface area contributed by atoms with Crippen LogP contribution in [-0.4, -0.2) is 6.04 Å². The number of halogens is 2. The second-order valence-electron chi connectivity index (χ2n) is 4.43. The van der Waals surface area contributed by atoms with Gasteiger partial charge in [-0.25, -0.2) is 0 Å². The fourth-order valence-corrected chi connectivity index (χ4v) is 2.11. The van der Waals surface area contributed by atoms with Crippen LogP contribution in [0.25, 0.3) is 11.3 Å². The minimum Gasteiger partial charge on any atom is -0.460 e. The van der Waals surface area contributed by atoms with Crippen LogP contribution in [0.4, 0.5) is 0 Å². The summed E-state index contributed by atoms with van der Waals surface area (Å²) in [6.45, 7) is 4.91. The molecule has 0 aliphatic carbocycles. The summed E-state index contributed by atoms with van der Waals surface area (Å²) < 4.78 is 5.75. The molecule has 1 N–H and O–H groups in total. The van der Waals surface area contributed by atoms with Gasteiger partial charge in [0, 0.05) is 16.6 Å². The highest BCUT2D eigenvalue weighted by Crippen LogP contribution is 2.31. The lowest BCUT2D eigenvalue weighted by Crippen LogP contribution is -2.21. The molecule has 0 atom stereocenters. The molecule has 4 heteroatoms. The molecular weight excluding hydrogens is 269 g/mol. The van der Waals surface area contributed by atoms with E-state index in [4.69, 9.17) is 27.6 Å². The van der Waals surface area contributed by atoms with E-state index < -0.39 is 0 Å². The Morgan fingerprint density at radius 3 is 2.61 bits per heavy atom. The summed E-state index contributed by atoms with van der Waals surface area (Å²) in [6.07, 6.45) is 0. The first-order valence-corrected chi connectivity index (χ1v) is 6.59. The zero-order valence-corrected chi connectivity index (χ0v) is 11.8. The molecule has 0 spiro atoms. The van der Waals surface area contributed by atoms with Crippen LogP contribution >= 0.6 is 23.2 Å². The molecule has 1 heterocycles. The smallest absolute Gasteiger partial charge is 0.135 e. The van der Waals surface area contributed by atoms with E-state index in [9.17, 15) is 0 Å². The van der Waals surface area contributed by atoms with E-state index in [-0.39, 0.29) is 0 Å². The Bertz CT molecular complexity index is 534. The van der Waals surface area contributed by atoms with E-state index in [0.717, 1.165) is 17.1 Å². The summed E-state index contributed by atoms with van der Waals surface area (Å²) in [7, 11) is 0. The molecule has 0 saturated carbocycles. The number of nitrogens with one attached hydrogen (secondary N) is 1. The standard InChI is InChI=1S/C14H15Cl2NO/c1-9(2)17-8-11-4-6-14(18-11)12-5-3-10(15)7-13(12)16/h3-7,9,17H,8H2,1-2H3. The van der Waals surface area contributed by atoms with E-state index in [0.29, 0.717) is 22.6 Å². The van der Waals surface area contributed by atoms with Crippen molar-refractivity contribution in [3.05, 3.63) is 46.1 Å². The summed E-state index contributed by atoms with van der Waals surface area (Å²) >= 11 is 12.0. The summed E-state index contributed by atoms with van der Waals surface area (Å²) in [5, 5.41) is 4.52. The van der Waals surface area contributed by atoms with Crippen LogP contribution in [0.15, 0.2) is 34.7 Å². The van der Waals surface area contributed by atoms with Crippen LogP contribution in [0.1, 0.15) is 19.6 Å². The highest BCUT2D eigenvalue weighted by Gasteiger charge is 2.09. The van der Waals surface area contributed by atoms with Crippen molar-refractivity contribution in [3.63, 3.8) is 0 Å². The van der Waals surface area contributed by atoms with Gasteiger partial charge >= 0.3 is 0 Å². The zero-order chi connectivity index (χ0) is 13.1. The van der Waals surface area contributed by atoms with Gasteiger partial charge in [-0.15, -0.1) is 0 Å². The Balaban J connectivity index is 2.18. The molecule has 0 unspecified atom stereocenters. The number of hydrogen-bond acceptors (Lipinski definition) is 2. The van der Waals surface area contributed by atoms with Crippen LogP contribution in [0.3, 0.4) is 0 Å². The lowest BCUT2D eigenvalue weighted by atomic mass is 10.2. The summed E-state index contributed by atoms with van der Waals surface area (Å²) in [6, 6.07) is 9.69. The number of hydrogen-bond donors (Lipinski definition) is 1. The lowest BCUT2D eigenvalue weighted by Gasteiger charge is -2.05. The van der Waals surface area contributed by atoms with Crippen molar-refractivity contribution in [3.8, 4) is 11.3 Å². The van der Waals surface area contributed by atoms with Gasteiger partial charge in [0.25, 0.3) is 0 Å². The van der Waals surface area contributed by atoms with Crippen molar-refractivity contribution in [1.29, 1.82) is 0 Å². The maximum absolute atomic E-state index is 6.14. The molecular formula is C14H15Cl2NO. The second-order valence-corrected chi connectivity index (χ2v) is 5.27. The Kier molecular flexibility index (Phi) is 4.33. The van der Waals surface area contributed by atoms with E-state index >= 15 is 0 Å². The van der Waals surface area contributed by atoms with Crippen molar-refractivity contribution < 1.29 is 4.42 Å². The predicted molar refractivity (Wildman–Crippen MR) is 76.1 cm³/mol. The number of benzene rings is 1. The molecule has 1 aromatic heterocycles. The quantitative estimate of drug-likeness (QED) is 0.876. The molecule has 1 aromatic carbocycles. The van der Waals surface area contributed by atoms with Crippen molar-refractivity contribution in [2.75, 3.05) is 0 Å². The highest BCUT2D eigenvalue weighted by molar-refractivity contribution is 6.36. The molecule has 2 nitrogen and oxygen atoms in total. The fraction of sp³-hybridized carbons (Fsp3) is 0.286. The third-order valence-corrected chi connectivity index (χ3v) is 3.09. The molecule has 2 aromatic rings. The van der Waals surface area contributed by atoms with Crippen LogP contribution in [0, 0.1) is 0 Å². The molecule has 0 aliphatic heterocycles. The van der Waals surface area contributed by atoms with E-state index in [1.165, 1.54) is 0 Å². The zero-order valence-electron chi connectivity index (χ0n) is 10.3. The van der Waals surface area contributed by atoms with Gasteiger partial charge in [-0.1, -0.05) is 37.0 Å². The van der Waals surface area contributed by atoms with Crippen molar-refractivity contribution in [1.82, 2.24) is 5.32 Å². The van der Waals surface area contributed by atoms with Gasteiger partial charge in [0.15, 0.2) is 0 Å². The summed E-state index contributed by atoms with van der Waals surface area (Å²) in [5.74, 6) is 1.65. The molecule has 0 saturated heterocycles. The van der Waals surface area contributed by atoms with Crippen molar-refractivity contribution in [2.45, 2.75) is 26.4 Å². The van der Waals surface area contributed by atoms with Crippen LogP contribution < -0.4 is 5.32 Å². The minimum absolute atomic E-state index is 0.428. The molecule has 0 radical (unpaired) electrons. The fourth-order valence-electron chi connectivity index (χ4n) is 1.61. The minimum atomic E-state index is 0.428. The lowest BCUT2D eigenvalue weighted by molar-refractivity contribution is 0.473. The maximum Gasteiger partial charge on any atom is 0.135 e. The Labute approximate surface area is 117 Å². The molecule has 0 aliphatic rings. The van der Waals surface area contributed by atoms with Crippen LogP contribution in [-0.2, 0) is 6.54 Å². The average Bonchev–Trinajstić information content (AvgIpc) is 2.75. The summed E-state index contributed by atoms with van der Waals surface area (Å²) in [5.41, 5.74) is 0.858. The van der Waals surface area contributed by atoms with Crippen LogP contribution in [0.2, 0.25) is 10.0 Å². The number of furan rings is 1. The molecule has 0 amide bonds. The molecule has 0 bridgehead atoms. The van der Waals surface area contributed by atoms with Gasteiger partial charge in [0.2, 0.25) is 0 Å². The Morgan fingerprint density at radius 2 is 1.94 bits per heavy atom. The first kappa shape index (κ1) is 13.5. The van der Waals surface area contributed by atoms with Gasteiger partial charge < -0.3 is 9.73 Å². The number of rotatable bonds is 4. The first-order chi connectivity index (χ1) is 8.56. The van der Waals surface area contributed by atoms with Gasteiger partial charge in [-0.3, -0.25) is 0 Å². The molecule has 96 valence electrons. The van der Waals surface area contributed by atoms with Crippen molar-refractivity contribution >= 4 is 23.2 Å². The van der Waals surface area contributed by atoms with E-state index in [1.807, 2.05) is 18.2 Å². The monoisotopic (exact) mass is 283 g/mol. The topological polar surface area (TPSA) is 25.2 Å². The highest BCUT2D eigenvalue weighted by atomic mass is 35.5. The van der Waals surface area contributed by atoms with Crippen molar-refractivity contribution in [2.24, 2.45) is 0 Å². The average molecular weight is 284 g/mol. The van der Waals surface area contributed by atoms with Crippen LogP contribution in [0.5, 0.6) is 0 Å². The third-order valence-electron chi connectivity index (χ3n) is 2.54. The molecule has 2 rings (SSSR count). The SMILES string of the molecule is CC(C)NCc1ccc(-c2ccc(Cl)cc2Cl)o1. The Hall–Kier alpha value is -0.960. The van der Waals surface area contributed by atoms with Gasteiger partial charge in [0.05, 0.1) is 11.6 Å². The largest absolute Gasteiger partial charge is 0.460 e. The first-order valence-electron chi connectivity index (χ1n) is 5.84. The summed E-state index contributed by atoms with van der Waals surface area (Å²) in [4.78, 5) is 0. The predicted octanol–water partition coefficient (Wildman–Crippen LogP) is 4.75. The van der Waals surface area contributed by atoms with E-state index in [2.05, 4.69) is 19.2 Å². The van der Waals surface area contributed by atoms with Gasteiger partial charge in [-0.05, 0) is 30.3 Å². The molecule has 18 heavy (non-hydrogen) atoms. The van der Waals surface area contributed by atoms with E-state index in [1.54, 1.807) is 12.1 Å².